The van der Waals surface area contributed by atoms with Gasteiger partial charge in [0.15, 0.2) is 0 Å². The molecule has 3 N–H and O–H groups in total. The number of carbonyl (C=O) groups excluding carboxylic acids is 1. The molecule has 0 aromatic heterocycles. The summed E-state index contributed by atoms with van der Waals surface area (Å²) in [6.07, 6.45) is 3.19. The van der Waals surface area contributed by atoms with Gasteiger partial charge in [0.1, 0.15) is 0 Å². The Morgan fingerprint density at radius 2 is 2.33 bits per heavy atom. The van der Waals surface area contributed by atoms with E-state index in [2.05, 4.69) is 0 Å². The lowest BCUT2D eigenvalue weighted by atomic mass is 10.0. The average Bonchev–Trinajstić information content (AvgIpc) is 2.28. The number of carbonyl (C=O) groups is 1. The minimum absolute atomic E-state index is 0.00334. The minimum Gasteiger partial charge on any atom is -0.395 e. The summed E-state index contributed by atoms with van der Waals surface area (Å²) in [6, 6.07) is 0.159. The molecule has 1 rings (SSSR count). The number of rotatable bonds is 3. The summed E-state index contributed by atoms with van der Waals surface area (Å²) in [7, 11) is 1.71. The van der Waals surface area contributed by atoms with E-state index in [0.717, 1.165) is 25.8 Å². The minimum atomic E-state index is -0.0146. The van der Waals surface area contributed by atoms with Crippen molar-refractivity contribution in [1.29, 1.82) is 0 Å². The van der Waals surface area contributed by atoms with E-state index < -0.39 is 0 Å². The lowest BCUT2D eigenvalue weighted by Gasteiger charge is -2.37. The molecule has 5 heteroatoms. The van der Waals surface area contributed by atoms with Crippen LogP contribution in [-0.2, 0) is 0 Å². The third-order valence-corrected chi connectivity index (χ3v) is 2.91. The lowest BCUT2D eigenvalue weighted by molar-refractivity contribution is 0.118. The van der Waals surface area contributed by atoms with Crippen molar-refractivity contribution in [2.75, 3.05) is 33.3 Å². The van der Waals surface area contributed by atoms with E-state index in [0.29, 0.717) is 13.1 Å². The normalized spacial score (nSPS) is 21.5. The van der Waals surface area contributed by atoms with Gasteiger partial charge in [0.25, 0.3) is 0 Å². The molecule has 1 aliphatic heterocycles. The molecular formula is C10H21N3O2. The molecule has 2 amide bonds. The van der Waals surface area contributed by atoms with E-state index in [-0.39, 0.29) is 18.7 Å². The van der Waals surface area contributed by atoms with Crippen molar-refractivity contribution in [1.82, 2.24) is 9.80 Å². The van der Waals surface area contributed by atoms with Gasteiger partial charge in [-0.2, -0.15) is 0 Å². The number of piperidine rings is 1. The number of hydrogen-bond donors (Lipinski definition) is 2. The Kier molecular flexibility index (Phi) is 4.84. The van der Waals surface area contributed by atoms with Crippen LogP contribution in [0.2, 0.25) is 0 Å². The fourth-order valence-corrected chi connectivity index (χ4v) is 1.96. The molecule has 1 saturated heterocycles. The first-order valence-corrected chi connectivity index (χ1v) is 5.53. The number of urea groups is 1. The highest BCUT2D eigenvalue weighted by Crippen LogP contribution is 2.17. The van der Waals surface area contributed by atoms with Crippen LogP contribution in [0.5, 0.6) is 0 Å². The van der Waals surface area contributed by atoms with Gasteiger partial charge in [-0.15, -0.1) is 0 Å². The highest BCUT2D eigenvalue weighted by molar-refractivity contribution is 5.74. The largest absolute Gasteiger partial charge is 0.395 e. The Bertz CT molecular complexity index is 211. The first-order chi connectivity index (χ1) is 7.20. The Morgan fingerprint density at radius 3 is 2.93 bits per heavy atom. The zero-order valence-corrected chi connectivity index (χ0v) is 9.35. The van der Waals surface area contributed by atoms with Gasteiger partial charge >= 0.3 is 6.03 Å². The number of nitrogens with two attached hydrogens (primary N) is 1. The maximum absolute atomic E-state index is 11.9. The van der Waals surface area contributed by atoms with Crippen LogP contribution in [0.1, 0.15) is 19.3 Å². The van der Waals surface area contributed by atoms with Crippen molar-refractivity contribution >= 4 is 6.03 Å². The first-order valence-electron chi connectivity index (χ1n) is 5.53. The fraction of sp³-hybridized carbons (Fsp3) is 0.900. The standard InChI is InChI=1S/C10H21N3O2/c1-12(6-7-14)10(15)13-5-3-2-4-9(13)8-11/h9,14H,2-8,11H2,1H3. The average molecular weight is 215 g/mol. The van der Waals surface area contributed by atoms with Crippen LogP contribution in [-0.4, -0.2) is 60.3 Å². The van der Waals surface area contributed by atoms with Crippen LogP contribution in [0.15, 0.2) is 0 Å². The van der Waals surface area contributed by atoms with Gasteiger partial charge in [-0.3, -0.25) is 0 Å². The molecular weight excluding hydrogens is 194 g/mol. The summed E-state index contributed by atoms with van der Waals surface area (Å²) >= 11 is 0. The molecule has 1 unspecified atom stereocenters. The van der Waals surface area contributed by atoms with Crippen LogP contribution in [0, 0.1) is 0 Å². The van der Waals surface area contributed by atoms with E-state index >= 15 is 0 Å². The molecule has 1 heterocycles. The van der Waals surface area contributed by atoms with E-state index in [1.165, 1.54) is 0 Å². The molecule has 0 saturated carbocycles. The molecule has 0 bridgehead atoms. The lowest BCUT2D eigenvalue weighted by Crippen LogP contribution is -2.52. The second kappa shape index (κ2) is 5.92. The van der Waals surface area contributed by atoms with Crippen molar-refractivity contribution in [3.63, 3.8) is 0 Å². The maximum atomic E-state index is 11.9. The molecule has 1 atom stereocenters. The topological polar surface area (TPSA) is 69.8 Å². The van der Waals surface area contributed by atoms with Crippen molar-refractivity contribution in [2.45, 2.75) is 25.3 Å². The third kappa shape index (κ3) is 3.07. The highest BCUT2D eigenvalue weighted by atomic mass is 16.3. The molecule has 1 aliphatic rings. The quantitative estimate of drug-likeness (QED) is 0.687. The summed E-state index contributed by atoms with van der Waals surface area (Å²) in [5.74, 6) is 0. The second-order valence-electron chi connectivity index (χ2n) is 4.01. The Labute approximate surface area is 90.8 Å². The highest BCUT2D eigenvalue weighted by Gasteiger charge is 2.27. The van der Waals surface area contributed by atoms with Crippen molar-refractivity contribution in [3.05, 3.63) is 0 Å². The molecule has 88 valence electrons. The van der Waals surface area contributed by atoms with Gasteiger partial charge in [-0.1, -0.05) is 0 Å². The first kappa shape index (κ1) is 12.3. The van der Waals surface area contributed by atoms with Crippen molar-refractivity contribution < 1.29 is 9.90 Å². The summed E-state index contributed by atoms with van der Waals surface area (Å²) in [4.78, 5) is 15.3. The van der Waals surface area contributed by atoms with E-state index in [1.807, 2.05) is 4.90 Å². The zero-order chi connectivity index (χ0) is 11.3. The van der Waals surface area contributed by atoms with Crippen LogP contribution in [0.4, 0.5) is 4.79 Å². The van der Waals surface area contributed by atoms with Gasteiger partial charge < -0.3 is 20.6 Å². The number of aliphatic hydroxyl groups is 1. The van der Waals surface area contributed by atoms with Gasteiger partial charge in [0, 0.05) is 32.7 Å². The Hall–Kier alpha value is -0.810. The number of likely N-dealkylation sites (N-methyl/N-ethyl adjacent to an activating group) is 1. The molecule has 0 aromatic carbocycles. The number of nitrogens with zero attached hydrogens (tertiary/aromatic N) is 2. The van der Waals surface area contributed by atoms with Crippen LogP contribution < -0.4 is 5.73 Å². The number of hydrogen-bond acceptors (Lipinski definition) is 3. The number of aliphatic hydroxyl groups excluding tert-OH is 1. The third-order valence-electron chi connectivity index (χ3n) is 2.91. The fourth-order valence-electron chi connectivity index (χ4n) is 1.96. The molecule has 0 radical (unpaired) electrons. The number of likely N-dealkylation sites (tertiary alicyclic amines) is 1. The van der Waals surface area contributed by atoms with Gasteiger partial charge in [0.2, 0.25) is 0 Å². The summed E-state index contributed by atoms with van der Waals surface area (Å²) in [6.45, 7) is 1.70. The smallest absolute Gasteiger partial charge is 0.320 e. The number of amides is 2. The van der Waals surface area contributed by atoms with Gasteiger partial charge in [-0.05, 0) is 19.3 Å². The molecule has 1 fully saturated rings. The van der Waals surface area contributed by atoms with Crippen molar-refractivity contribution in [2.24, 2.45) is 5.73 Å². The summed E-state index contributed by atoms with van der Waals surface area (Å²) in [5, 5.41) is 8.77. The Balaban J connectivity index is 2.55. The van der Waals surface area contributed by atoms with Crippen LogP contribution in [0.25, 0.3) is 0 Å². The predicted octanol–water partition coefficient (Wildman–Crippen LogP) is -0.156. The van der Waals surface area contributed by atoms with Crippen molar-refractivity contribution in [3.8, 4) is 0 Å². The molecule has 0 aromatic rings. The van der Waals surface area contributed by atoms with E-state index in [4.69, 9.17) is 10.8 Å². The Morgan fingerprint density at radius 1 is 1.60 bits per heavy atom. The van der Waals surface area contributed by atoms with E-state index in [1.54, 1.807) is 11.9 Å². The van der Waals surface area contributed by atoms with Crippen LogP contribution >= 0.6 is 0 Å². The summed E-state index contributed by atoms with van der Waals surface area (Å²) < 4.78 is 0. The zero-order valence-electron chi connectivity index (χ0n) is 9.35. The second-order valence-corrected chi connectivity index (χ2v) is 4.01. The SMILES string of the molecule is CN(CCO)C(=O)N1CCCCC1CN. The predicted molar refractivity (Wildman–Crippen MR) is 58.5 cm³/mol. The van der Waals surface area contributed by atoms with Crippen LogP contribution in [0.3, 0.4) is 0 Å². The molecule has 0 spiro atoms. The monoisotopic (exact) mass is 215 g/mol. The van der Waals surface area contributed by atoms with Gasteiger partial charge in [0.05, 0.1) is 6.61 Å². The molecule has 0 aliphatic carbocycles. The molecule has 15 heavy (non-hydrogen) atoms. The van der Waals surface area contributed by atoms with Gasteiger partial charge in [-0.25, -0.2) is 4.79 Å². The van der Waals surface area contributed by atoms with E-state index in [9.17, 15) is 4.79 Å². The maximum Gasteiger partial charge on any atom is 0.320 e. The molecule has 5 nitrogen and oxygen atoms in total. The summed E-state index contributed by atoms with van der Waals surface area (Å²) in [5.41, 5.74) is 5.64.